The van der Waals surface area contributed by atoms with Crippen LogP contribution in [-0.4, -0.2) is 28.4 Å². The number of anilines is 1. The second kappa shape index (κ2) is 12.0. The highest BCUT2D eigenvalue weighted by atomic mass is 127. The Morgan fingerprint density at radius 1 is 0.974 bits per heavy atom. The number of benzene rings is 4. The Bertz CT molecular complexity index is 1750. The second-order valence-electron chi connectivity index (χ2n) is 8.34. The van der Waals surface area contributed by atoms with Crippen LogP contribution in [0.1, 0.15) is 5.56 Å². The highest BCUT2D eigenvalue weighted by molar-refractivity contribution is 14.1. The zero-order valence-corrected chi connectivity index (χ0v) is 24.5. The van der Waals surface area contributed by atoms with Crippen molar-refractivity contribution >= 4 is 73.9 Å². The van der Waals surface area contributed by atoms with Crippen molar-refractivity contribution in [1.29, 1.82) is 0 Å². The van der Waals surface area contributed by atoms with Crippen LogP contribution in [0.15, 0.2) is 101 Å². The predicted molar refractivity (Wildman–Crippen MR) is 167 cm³/mol. The molecule has 4 aromatic carbocycles. The summed E-state index contributed by atoms with van der Waals surface area (Å²) in [6.07, 6.45) is 1.59. The lowest BCUT2D eigenvalue weighted by Crippen LogP contribution is -2.21. The Hall–Kier alpha value is -3.65. The number of carbonyl (C=O) groups excluding carboxylic acids is 1. The van der Waals surface area contributed by atoms with Gasteiger partial charge in [-0.15, -0.1) is 0 Å². The van der Waals surface area contributed by atoms with E-state index in [9.17, 15) is 14.0 Å². The minimum atomic E-state index is -0.437. The topological polar surface area (TPSA) is 85.6 Å². The second-order valence-corrected chi connectivity index (χ2v) is 10.7. The highest BCUT2D eigenvalue weighted by Gasteiger charge is 2.14. The molecule has 0 bridgehead atoms. The van der Waals surface area contributed by atoms with Crippen LogP contribution in [0.5, 0.6) is 5.75 Å². The molecule has 194 valence electrons. The molecule has 0 aliphatic rings. The Labute approximate surface area is 250 Å². The molecular formula is C29H19FI2N4O3. The van der Waals surface area contributed by atoms with E-state index in [4.69, 9.17) is 9.72 Å². The van der Waals surface area contributed by atoms with Gasteiger partial charge < -0.3 is 10.1 Å². The molecule has 10 heteroatoms. The van der Waals surface area contributed by atoms with Crippen LogP contribution in [0.4, 0.5) is 10.1 Å². The lowest BCUT2D eigenvalue weighted by molar-refractivity contribution is -0.118. The third-order valence-electron chi connectivity index (χ3n) is 5.58. The first kappa shape index (κ1) is 26.9. The molecule has 1 amide bonds. The molecule has 1 aromatic heterocycles. The first-order valence-electron chi connectivity index (χ1n) is 11.7. The summed E-state index contributed by atoms with van der Waals surface area (Å²) >= 11 is 4.24. The molecule has 0 saturated heterocycles. The predicted octanol–water partition coefficient (Wildman–Crippen LogP) is 6.31. The quantitative estimate of drug-likeness (QED) is 0.157. The van der Waals surface area contributed by atoms with Crippen LogP contribution < -0.4 is 15.6 Å². The van der Waals surface area contributed by atoms with Crippen LogP contribution in [0, 0.1) is 13.0 Å². The van der Waals surface area contributed by atoms with E-state index >= 15 is 0 Å². The molecule has 0 radical (unpaired) electrons. The van der Waals surface area contributed by atoms with Gasteiger partial charge in [0.1, 0.15) is 11.6 Å². The lowest BCUT2D eigenvalue weighted by Gasteiger charge is -2.12. The largest absolute Gasteiger partial charge is 0.482 e. The number of nitrogens with one attached hydrogen (secondary N) is 1. The summed E-state index contributed by atoms with van der Waals surface area (Å²) in [5, 5.41) is 7.60. The van der Waals surface area contributed by atoms with E-state index in [0.717, 1.165) is 18.3 Å². The van der Waals surface area contributed by atoms with Gasteiger partial charge in [0.05, 0.1) is 24.3 Å². The maximum Gasteiger partial charge on any atom is 0.282 e. The molecule has 7 nitrogen and oxygen atoms in total. The number of carbonyl (C=O) groups is 1. The molecule has 1 N–H and O–H groups in total. The van der Waals surface area contributed by atoms with Crippen LogP contribution in [0.3, 0.4) is 0 Å². The van der Waals surface area contributed by atoms with Gasteiger partial charge in [0.2, 0.25) is 0 Å². The third kappa shape index (κ3) is 6.33. The van der Waals surface area contributed by atoms with Crippen LogP contribution in [0.2, 0.25) is 0 Å². The zero-order valence-electron chi connectivity index (χ0n) is 20.1. The lowest BCUT2D eigenvalue weighted by atomic mass is 10.2. The van der Waals surface area contributed by atoms with E-state index in [-0.39, 0.29) is 12.2 Å². The minimum Gasteiger partial charge on any atom is -0.482 e. The van der Waals surface area contributed by atoms with E-state index < -0.39 is 11.7 Å². The van der Waals surface area contributed by atoms with E-state index in [1.54, 1.807) is 30.5 Å². The highest BCUT2D eigenvalue weighted by Crippen LogP contribution is 2.29. The van der Waals surface area contributed by atoms with Gasteiger partial charge >= 0.3 is 0 Å². The van der Waals surface area contributed by atoms with Gasteiger partial charge in [-0.1, -0.05) is 48.5 Å². The Kier molecular flexibility index (Phi) is 8.31. The number of amides is 1. The zero-order chi connectivity index (χ0) is 27.4. The number of hydrogen-bond donors (Lipinski definition) is 1. The number of halogens is 3. The molecule has 5 rings (SSSR count). The number of hydrogen-bond acceptors (Lipinski definition) is 5. The van der Waals surface area contributed by atoms with E-state index in [0.29, 0.717) is 28.2 Å². The first-order valence-corrected chi connectivity index (χ1v) is 13.8. The third-order valence-corrected chi connectivity index (χ3v) is 7.19. The van der Waals surface area contributed by atoms with Crippen LogP contribution in [0.25, 0.3) is 22.3 Å². The standard InChI is InChI=1S/C29H19FI2N4O3/c30-20-9-6-10-21(15-20)34-26(37)17-39-27-23(31)13-18(14-24(27)32)16-33-36-28(19-7-2-1-3-8-19)35-25-12-5-4-11-22(25)29(36)38/h1-16H,17H2,(H,34,37). The van der Waals surface area contributed by atoms with Crippen LogP contribution in [-0.2, 0) is 4.79 Å². The van der Waals surface area contributed by atoms with E-state index in [2.05, 4.69) is 55.6 Å². The Morgan fingerprint density at radius 2 is 1.69 bits per heavy atom. The number of aromatic nitrogens is 2. The molecule has 39 heavy (non-hydrogen) atoms. The van der Waals surface area contributed by atoms with E-state index in [1.165, 1.54) is 22.9 Å². The van der Waals surface area contributed by atoms with Crippen molar-refractivity contribution < 1.29 is 13.9 Å². The molecule has 0 spiro atoms. The minimum absolute atomic E-state index is 0.242. The number of nitrogens with zero attached hydrogens (tertiary/aromatic N) is 3. The molecule has 0 unspecified atom stereocenters. The van der Waals surface area contributed by atoms with E-state index in [1.807, 2.05) is 48.5 Å². The molecule has 1 heterocycles. The summed E-state index contributed by atoms with van der Waals surface area (Å²) in [5.74, 6) is 0.128. The van der Waals surface area contributed by atoms with Crippen molar-refractivity contribution in [2.45, 2.75) is 0 Å². The van der Waals surface area contributed by atoms with Gasteiger partial charge in [-0.2, -0.15) is 9.78 Å². The fourth-order valence-corrected chi connectivity index (χ4v) is 5.95. The summed E-state index contributed by atoms with van der Waals surface area (Å²) in [5.41, 5.74) is 2.18. The van der Waals surface area contributed by atoms with Gasteiger partial charge in [-0.3, -0.25) is 9.59 Å². The summed E-state index contributed by atoms with van der Waals surface area (Å²) in [6, 6.07) is 25.9. The molecule has 5 aromatic rings. The summed E-state index contributed by atoms with van der Waals surface area (Å²) in [6.45, 7) is -0.242. The van der Waals surface area contributed by atoms with Gasteiger partial charge in [-0.25, -0.2) is 9.37 Å². The van der Waals surface area contributed by atoms with Crippen molar-refractivity contribution in [2.75, 3.05) is 11.9 Å². The summed E-state index contributed by atoms with van der Waals surface area (Å²) in [4.78, 5) is 30.4. The van der Waals surface area contributed by atoms with Gasteiger partial charge in [-0.05, 0) is 93.2 Å². The summed E-state index contributed by atoms with van der Waals surface area (Å²) < 4.78 is 21.9. The molecule has 0 fully saturated rings. The molecule has 0 aliphatic heterocycles. The normalized spacial score (nSPS) is 11.2. The first-order chi connectivity index (χ1) is 18.9. The fraction of sp³-hybridized carbons (Fsp3) is 0.0345. The van der Waals surface area contributed by atoms with Gasteiger partial charge in [0, 0.05) is 11.3 Å². The number of ether oxygens (including phenoxy) is 1. The molecule has 0 saturated carbocycles. The monoisotopic (exact) mass is 744 g/mol. The number of fused-ring (bicyclic) bond motifs is 1. The number of para-hydroxylation sites is 1. The van der Waals surface area contributed by atoms with Crippen LogP contribution >= 0.6 is 45.2 Å². The molecule has 0 atom stereocenters. The van der Waals surface area contributed by atoms with Crippen molar-refractivity contribution in [3.63, 3.8) is 0 Å². The number of rotatable bonds is 7. The average molecular weight is 744 g/mol. The average Bonchev–Trinajstić information content (AvgIpc) is 2.92. The van der Waals surface area contributed by atoms with Crippen molar-refractivity contribution in [1.82, 2.24) is 9.66 Å². The Morgan fingerprint density at radius 3 is 2.44 bits per heavy atom. The summed E-state index contributed by atoms with van der Waals surface area (Å²) in [7, 11) is 0. The molecular weight excluding hydrogens is 725 g/mol. The maximum atomic E-state index is 13.4. The SMILES string of the molecule is O=C(COc1c(I)cc(C=Nn2c(-c3ccccc3)nc3ccccc3c2=O)cc1I)Nc1cccc(F)c1. The smallest absolute Gasteiger partial charge is 0.282 e. The van der Waals surface area contributed by atoms with Gasteiger partial charge in [0.15, 0.2) is 12.4 Å². The van der Waals surface area contributed by atoms with Crippen molar-refractivity contribution in [3.05, 3.63) is 120 Å². The van der Waals surface area contributed by atoms with Crippen molar-refractivity contribution in [3.8, 4) is 17.1 Å². The van der Waals surface area contributed by atoms with Crippen molar-refractivity contribution in [2.24, 2.45) is 5.10 Å². The molecule has 0 aliphatic carbocycles. The Balaban J connectivity index is 1.40. The fourth-order valence-electron chi connectivity index (χ4n) is 3.82. The van der Waals surface area contributed by atoms with Gasteiger partial charge in [0.25, 0.3) is 11.5 Å². The maximum absolute atomic E-state index is 13.4.